The summed E-state index contributed by atoms with van der Waals surface area (Å²) >= 11 is 1.75. The molecular weight excluding hydrogens is 331 g/mol. The highest BCUT2D eigenvalue weighted by molar-refractivity contribution is 14.1. The van der Waals surface area contributed by atoms with Gasteiger partial charge in [0.1, 0.15) is 3.70 Å². The Morgan fingerprint density at radius 3 is 2.75 bits per heavy atom. The number of methoxy groups -OCH3 is 1. The van der Waals surface area contributed by atoms with Gasteiger partial charge in [-0.25, -0.2) is 13.8 Å². The van der Waals surface area contributed by atoms with Crippen LogP contribution in [0, 0.1) is 10.6 Å². The minimum absolute atomic E-state index is 0.0357. The van der Waals surface area contributed by atoms with Crippen molar-refractivity contribution in [2.45, 2.75) is 19.8 Å². The summed E-state index contributed by atoms with van der Waals surface area (Å²) in [7, 11) is 1.26. The summed E-state index contributed by atoms with van der Waals surface area (Å²) in [5.74, 6) is -0.466. The number of rotatable bonds is 3. The van der Waals surface area contributed by atoms with Crippen LogP contribution in [0.1, 0.15) is 23.2 Å². The van der Waals surface area contributed by atoms with E-state index >= 15 is 0 Å². The monoisotopic (exact) mass is 341 g/mol. The predicted octanol–water partition coefficient (Wildman–Crippen LogP) is 2.65. The summed E-state index contributed by atoms with van der Waals surface area (Å²) in [5, 5.41) is 0. The second kappa shape index (κ2) is 5.51. The Balaban J connectivity index is 3.09. The number of pyridine rings is 1. The van der Waals surface area contributed by atoms with Crippen LogP contribution in [0.4, 0.5) is 8.78 Å². The molecule has 88 valence electrons. The first-order valence-corrected chi connectivity index (χ1v) is 5.54. The highest BCUT2D eigenvalue weighted by Gasteiger charge is 2.16. The van der Waals surface area contributed by atoms with Crippen LogP contribution < -0.4 is 0 Å². The Kier molecular flexibility index (Phi) is 4.57. The standard InChI is InChI=1S/C10H10F2INO2/c1-5-6(4-8(15)16-2)3-7(9(11)12)10(13)14-5/h3,9H,4H2,1-2H3. The van der Waals surface area contributed by atoms with Gasteiger partial charge in [-0.05, 0) is 41.1 Å². The van der Waals surface area contributed by atoms with E-state index in [0.717, 1.165) is 0 Å². The van der Waals surface area contributed by atoms with Crippen LogP contribution in [0.25, 0.3) is 0 Å². The molecule has 1 aromatic heterocycles. The lowest BCUT2D eigenvalue weighted by atomic mass is 10.1. The van der Waals surface area contributed by atoms with Crippen molar-refractivity contribution in [2.75, 3.05) is 7.11 Å². The van der Waals surface area contributed by atoms with E-state index in [9.17, 15) is 13.6 Å². The molecule has 1 heterocycles. The topological polar surface area (TPSA) is 39.2 Å². The van der Waals surface area contributed by atoms with Crippen molar-refractivity contribution in [1.82, 2.24) is 4.98 Å². The first-order valence-electron chi connectivity index (χ1n) is 4.46. The molecule has 0 unspecified atom stereocenters. The molecule has 1 rings (SSSR count). The van der Waals surface area contributed by atoms with Crippen LogP contribution in [0.2, 0.25) is 0 Å². The molecule has 16 heavy (non-hydrogen) atoms. The van der Waals surface area contributed by atoms with Gasteiger partial charge in [0.05, 0.1) is 13.5 Å². The number of aromatic nitrogens is 1. The zero-order chi connectivity index (χ0) is 12.3. The molecule has 0 saturated carbocycles. The van der Waals surface area contributed by atoms with E-state index in [1.165, 1.54) is 13.2 Å². The van der Waals surface area contributed by atoms with Gasteiger partial charge in [-0.3, -0.25) is 4.79 Å². The fourth-order valence-corrected chi connectivity index (χ4v) is 1.95. The largest absolute Gasteiger partial charge is 0.469 e. The highest BCUT2D eigenvalue weighted by Crippen LogP contribution is 2.25. The van der Waals surface area contributed by atoms with Crippen LogP contribution in [0.15, 0.2) is 6.07 Å². The fraction of sp³-hybridized carbons (Fsp3) is 0.400. The van der Waals surface area contributed by atoms with Crippen LogP contribution >= 0.6 is 22.6 Å². The Bertz CT molecular complexity index is 410. The van der Waals surface area contributed by atoms with E-state index in [0.29, 0.717) is 11.3 Å². The minimum atomic E-state index is -2.59. The smallest absolute Gasteiger partial charge is 0.310 e. The molecular formula is C10H10F2INO2. The summed E-state index contributed by atoms with van der Waals surface area (Å²) in [4.78, 5) is 15.0. The molecule has 0 aliphatic heterocycles. The molecule has 0 saturated heterocycles. The van der Waals surface area contributed by atoms with Crippen molar-refractivity contribution in [3.8, 4) is 0 Å². The molecule has 0 N–H and O–H groups in total. The molecule has 0 aliphatic rings. The number of carbonyl (C=O) groups excluding carboxylic acids is 1. The third kappa shape index (κ3) is 3.10. The number of carbonyl (C=O) groups is 1. The maximum atomic E-state index is 12.6. The molecule has 3 nitrogen and oxygen atoms in total. The van der Waals surface area contributed by atoms with E-state index in [-0.39, 0.29) is 15.7 Å². The molecule has 6 heteroatoms. The second-order valence-electron chi connectivity index (χ2n) is 3.17. The summed E-state index contributed by atoms with van der Waals surface area (Å²) in [5.41, 5.74) is 0.895. The molecule has 1 aromatic rings. The zero-order valence-corrected chi connectivity index (χ0v) is 10.9. The van der Waals surface area contributed by atoms with Gasteiger partial charge in [0.15, 0.2) is 0 Å². The number of aryl methyl sites for hydroxylation is 1. The Morgan fingerprint density at radius 1 is 1.62 bits per heavy atom. The first kappa shape index (κ1) is 13.3. The third-order valence-electron chi connectivity index (χ3n) is 2.10. The average Bonchev–Trinajstić information content (AvgIpc) is 2.21. The van der Waals surface area contributed by atoms with Crippen LogP contribution in [0.5, 0.6) is 0 Å². The normalized spacial score (nSPS) is 10.6. The maximum Gasteiger partial charge on any atom is 0.310 e. The van der Waals surface area contributed by atoms with E-state index in [2.05, 4.69) is 9.72 Å². The van der Waals surface area contributed by atoms with Crippen molar-refractivity contribution in [2.24, 2.45) is 0 Å². The van der Waals surface area contributed by atoms with Gasteiger partial charge >= 0.3 is 5.97 Å². The molecule has 0 fully saturated rings. The van der Waals surface area contributed by atoms with Crippen LogP contribution in [-0.2, 0) is 16.0 Å². The second-order valence-corrected chi connectivity index (χ2v) is 4.19. The summed E-state index contributed by atoms with van der Waals surface area (Å²) in [6, 6.07) is 1.31. The molecule has 0 spiro atoms. The summed E-state index contributed by atoms with van der Waals surface area (Å²) < 4.78 is 29.9. The van der Waals surface area contributed by atoms with Gasteiger partial charge in [0.25, 0.3) is 6.43 Å². The van der Waals surface area contributed by atoms with Crippen molar-refractivity contribution in [3.05, 3.63) is 26.6 Å². The number of alkyl halides is 2. The number of ether oxygens (including phenoxy) is 1. The van der Waals surface area contributed by atoms with E-state index in [4.69, 9.17) is 0 Å². The molecule has 0 bridgehead atoms. The SMILES string of the molecule is COC(=O)Cc1cc(C(F)F)c(I)nc1C. The summed E-state index contributed by atoms with van der Waals surface area (Å²) in [6.07, 6.45) is -2.62. The Hall–Kier alpha value is -0.790. The van der Waals surface area contributed by atoms with Gasteiger partial charge < -0.3 is 4.74 Å². The third-order valence-corrected chi connectivity index (χ3v) is 2.96. The van der Waals surface area contributed by atoms with Crippen molar-refractivity contribution in [1.29, 1.82) is 0 Å². The van der Waals surface area contributed by atoms with Crippen molar-refractivity contribution in [3.63, 3.8) is 0 Å². The van der Waals surface area contributed by atoms with E-state index < -0.39 is 12.4 Å². The van der Waals surface area contributed by atoms with Crippen molar-refractivity contribution >= 4 is 28.6 Å². The highest BCUT2D eigenvalue weighted by atomic mass is 127. The number of halogens is 3. The van der Waals surface area contributed by atoms with Gasteiger partial charge in [-0.15, -0.1) is 0 Å². The predicted molar refractivity (Wildman–Crippen MR) is 62.4 cm³/mol. The van der Waals surface area contributed by atoms with Crippen LogP contribution in [0.3, 0.4) is 0 Å². The zero-order valence-electron chi connectivity index (χ0n) is 8.76. The van der Waals surface area contributed by atoms with Gasteiger partial charge in [-0.2, -0.15) is 0 Å². The minimum Gasteiger partial charge on any atom is -0.469 e. The Morgan fingerprint density at radius 2 is 2.25 bits per heavy atom. The van der Waals surface area contributed by atoms with E-state index in [1.54, 1.807) is 29.5 Å². The summed E-state index contributed by atoms with van der Waals surface area (Å²) in [6.45, 7) is 1.68. The Labute approximate surface area is 105 Å². The van der Waals surface area contributed by atoms with Crippen molar-refractivity contribution < 1.29 is 18.3 Å². The lowest BCUT2D eigenvalue weighted by Gasteiger charge is -2.09. The number of esters is 1. The maximum absolute atomic E-state index is 12.6. The first-order chi connectivity index (χ1) is 7.45. The lowest BCUT2D eigenvalue weighted by Crippen LogP contribution is -2.08. The van der Waals surface area contributed by atoms with Gasteiger partial charge in [0, 0.05) is 11.3 Å². The quantitative estimate of drug-likeness (QED) is 0.482. The molecule has 0 radical (unpaired) electrons. The fourth-order valence-electron chi connectivity index (χ4n) is 1.19. The number of nitrogens with zero attached hydrogens (tertiary/aromatic N) is 1. The molecule has 0 amide bonds. The average molecular weight is 341 g/mol. The number of hydrogen-bond acceptors (Lipinski definition) is 3. The molecule has 0 aliphatic carbocycles. The van der Waals surface area contributed by atoms with Gasteiger partial charge in [-0.1, -0.05) is 0 Å². The lowest BCUT2D eigenvalue weighted by molar-refractivity contribution is -0.139. The van der Waals surface area contributed by atoms with Crippen LogP contribution in [-0.4, -0.2) is 18.1 Å². The number of hydrogen-bond donors (Lipinski definition) is 0. The molecule has 0 aromatic carbocycles. The van der Waals surface area contributed by atoms with Gasteiger partial charge in [0.2, 0.25) is 0 Å². The molecule has 0 atom stereocenters. The van der Waals surface area contributed by atoms with E-state index in [1.807, 2.05) is 0 Å².